The molecular formula is C12H17N3O2. The predicted molar refractivity (Wildman–Crippen MR) is 64.7 cm³/mol. The Kier molecular flexibility index (Phi) is 3.58. The van der Waals surface area contributed by atoms with Gasteiger partial charge in [0.05, 0.1) is 19.0 Å². The third-order valence-electron chi connectivity index (χ3n) is 2.88. The fourth-order valence-electron chi connectivity index (χ4n) is 1.69. The van der Waals surface area contributed by atoms with Crippen LogP contribution in [0.3, 0.4) is 0 Å². The number of nitrogens with zero attached hydrogens (tertiary/aromatic N) is 1. The Morgan fingerprint density at radius 2 is 2.41 bits per heavy atom. The van der Waals surface area contributed by atoms with E-state index in [1.165, 1.54) is 0 Å². The molecule has 1 heterocycles. The lowest BCUT2D eigenvalue weighted by atomic mass is 10.1. The van der Waals surface area contributed by atoms with Gasteiger partial charge in [-0.3, -0.25) is 4.79 Å². The molecule has 1 aromatic rings. The minimum atomic E-state index is -0.0589. The Hall–Kier alpha value is -1.62. The quantitative estimate of drug-likeness (QED) is 0.802. The van der Waals surface area contributed by atoms with E-state index in [-0.39, 0.29) is 11.9 Å². The average molecular weight is 235 g/mol. The molecule has 1 saturated carbocycles. The van der Waals surface area contributed by atoms with Crippen molar-refractivity contribution in [2.45, 2.75) is 25.3 Å². The van der Waals surface area contributed by atoms with Gasteiger partial charge in [0.1, 0.15) is 0 Å². The molecule has 0 radical (unpaired) electrons. The first kappa shape index (κ1) is 11.9. The van der Waals surface area contributed by atoms with Crippen molar-refractivity contribution in [2.24, 2.45) is 11.7 Å². The molecule has 1 atom stereocenters. The number of pyridine rings is 1. The van der Waals surface area contributed by atoms with E-state index >= 15 is 0 Å². The number of hydrogen-bond donors (Lipinski definition) is 2. The van der Waals surface area contributed by atoms with E-state index in [4.69, 9.17) is 10.5 Å². The standard InChI is InChI=1S/C12H17N3O2/c1-17-12-5-4-9(7-14-12)15-11(16)6-10(13)8-2-3-8/h4-5,7-8,10H,2-3,6,13H2,1H3,(H,15,16). The van der Waals surface area contributed by atoms with Gasteiger partial charge in [0.25, 0.3) is 0 Å². The van der Waals surface area contributed by atoms with Gasteiger partial charge in [-0.15, -0.1) is 0 Å². The van der Waals surface area contributed by atoms with Gasteiger partial charge in [-0.25, -0.2) is 4.98 Å². The molecule has 0 bridgehead atoms. The molecule has 0 spiro atoms. The van der Waals surface area contributed by atoms with E-state index < -0.39 is 0 Å². The number of carbonyl (C=O) groups is 1. The molecule has 0 aromatic carbocycles. The highest BCUT2D eigenvalue weighted by atomic mass is 16.5. The summed E-state index contributed by atoms with van der Waals surface area (Å²) in [7, 11) is 1.55. The Balaban J connectivity index is 1.84. The van der Waals surface area contributed by atoms with Crippen LogP contribution in [0.15, 0.2) is 18.3 Å². The molecule has 1 fully saturated rings. The lowest BCUT2D eigenvalue weighted by molar-refractivity contribution is -0.116. The third kappa shape index (κ3) is 3.42. The molecule has 2 rings (SSSR count). The molecule has 0 aliphatic heterocycles. The molecule has 1 aliphatic rings. The van der Waals surface area contributed by atoms with Crippen molar-refractivity contribution in [2.75, 3.05) is 12.4 Å². The zero-order valence-corrected chi connectivity index (χ0v) is 9.85. The molecule has 1 amide bonds. The van der Waals surface area contributed by atoms with E-state index in [0.717, 1.165) is 12.8 Å². The summed E-state index contributed by atoms with van der Waals surface area (Å²) in [6.45, 7) is 0. The van der Waals surface area contributed by atoms with E-state index in [9.17, 15) is 4.79 Å². The van der Waals surface area contributed by atoms with Gasteiger partial charge in [-0.05, 0) is 24.8 Å². The van der Waals surface area contributed by atoms with Crippen LogP contribution in [0.2, 0.25) is 0 Å². The van der Waals surface area contributed by atoms with Gasteiger partial charge in [0.15, 0.2) is 0 Å². The average Bonchev–Trinajstić information content (AvgIpc) is 3.13. The second-order valence-corrected chi connectivity index (χ2v) is 4.34. The number of amides is 1. The van der Waals surface area contributed by atoms with Crippen molar-refractivity contribution < 1.29 is 9.53 Å². The summed E-state index contributed by atoms with van der Waals surface area (Å²) in [5, 5.41) is 2.77. The van der Waals surface area contributed by atoms with Crippen LogP contribution in [-0.4, -0.2) is 24.0 Å². The molecule has 0 saturated heterocycles. The topological polar surface area (TPSA) is 77.2 Å². The van der Waals surface area contributed by atoms with Crippen LogP contribution < -0.4 is 15.8 Å². The SMILES string of the molecule is COc1ccc(NC(=O)CC(N)C2CC2)cn1. The van der Waals surface area contributed by atoms with Crippen LogP contribution in [0.4, 0.5) is 5.69 Å². The Morgan fingerprint density at radius 1 is 1.65 bits per heavy atom. The molecule has 5 nitrogen and oxygen atoms in total. The summed E-state index contributed by atoms with van der Waals surface area (Å²) in [5.41, 5.74) is 6.55. The molecule has 1 aliphatic carbocycles. The summed E-state index contributed by atoms with van der Waals surface area (Å²) in [6.07, 6.45) is 4.24. The minimum absolute atomic E-state index is 0.0128. The van der Waals surface area contributed by atoms with Crippen LogP contribution >= 0.6 is 0 Å². The Labute approximate surface area is 100 Å². The first-order chi connectivity index (χ1) is 8.19. The van der Waals surface area contributed by atoms with Crippen LogP contribution in [0, 0.1) is 5.92 Å². The van der Waals surface area contributed by atoms with Gasteiger partial charge in [-0.1, -0.05) is 0 Å². The smallest absolute Gasteiger partial charge is 0.225 e. The fraction of sp³-hybridized carbons (Fsp3) is 0.500. The van der Waals surface area contributed by atoms with Gasteiger partial charge in [-0.2, -0.15) is 0 Å². The third-order valence-corrected chi connectivity index (χ3v) is 2.88. The number of aromatic nitrogens is 1. The molecule has 92 valence electrons. The number of ether oxygens (including phenoxy) is 1. The van der Waals surface area contributed by atoms with Crippen LogP contribution in [-0.2, 0) is 4.79 Å². The van der Waals surface area contributed by atoms with Crippen LogP contribution in [0.25, 0.3) is 0 Å². The number of anilines is 1. The largest absolute Gasteiger partial charge is 0.481 e. The maximum absolute atomic E-state index is 11.7. The van der Waals surface area contributed by atoms with E-state index in [0.29, 0.717) is 23.9 Å². The molecule has 3 N–H and O–H groups in total. The van der Waals surface area contributed by atoms with E-state index in [1.807, 2.05) is 0 Å². The van der Waals surface area contributed by atoms with Gasteiger partial charge in [0.2, 0.25) is 11.8 Å². The number of carbonyl (C=O) groups excluding carboxylic acids is 1. The van der Waals surface area contributed by atoms with Gasteiger partial charge in [0, 0.05) is 18.5 Å². The van der Waals surface area contributed by atoms with Crippen molar-refractivity contribution in [1.82, 2.24) is 4.98 Å². The second-order valence-electron chi connectivity index (χ2n) is 4.34. The first-order valence-corrected chi connectivity index (χ1v) is 5.74. The first-order valence-electron chi connectivity index (χ1n) is 5.74. The summed E-state index contributed by atoms with van der Waals surface area (Å²) in [4.78, 5) is 15.7. The molecule has 5 heteroatoms. The molecule has 17 heavy (non-hydrogen) atoms. The minimum Gasteiger partial charge on any atom is -0.481 e. The lowest BCUT2D eigenvalue weighted by Gasteiger charge is -2.10. The number of hydrogen-bond acceptors (Lipinski definition) is 4. The highest BCUT2D eigenvalue weighted by Crippen LogP contribution is 2.32. The van der Waals surface area contributed by atoms with Gasteiger partial charge >= 0.3 is 0 Å². The molecule has 1 aromatic heterocycles. The van der Waals surface area contributed by atoms with E-state index in [1.54, 1.807) is 25.4 Å². The fourth-order valence-corrected chi connectivity index (χ4v) is 1.69. The van der Waals surface area contributed by atoms with E-state index in [2.05, 4.69) is 10.3 Å². The zero-order valence-electron chi connectivity index (χ0n) is 9.85. The monoisotopic (exact) mass is 235 g/mol. The lowest BCUT2D eigenvalue weighted by Crippen LogP contribution is -2.28. The predicted octanol–water partition coefficient (Wildman–Crippen LogP) is 1.16. The van der Waals surface area contributed by atoms with Crippen molar-refractivity contribution in [3.8, 4) is 5.88 Å². The zero-order chi connectivity index (χ0) is 12.3. The number of nitrogens with two attached hydrogens (primary N) is 1. The molecule has 1 unspecified atom stereocenters. The van der Waals surface area contributed by atoms with Crippen molar-refractivity contribution in [1.29, 1.82) is 0 Å². The van der Waals surface area contributed by atoms with Crippen molar-refractivity contribution in [3.63, 3.8) is 0 Å². The normalized spacial score (nSPS) is 16.4. The maximum Gasteiger partial charge on any atom is 0.225 e. The number of nitrogens with one attached hydrogen (secondary N) is 1. The summed E-state index contributed by atoms with van der Waals surface area (Å²) in [5.74, 6) is 1.00. The van der Waals surface area contributed by atoms with Crippen molar-refractivity contribution >= 4 is 11.6 Å². The molecular weight excluding hydrogens is 218 g/mol. The number of methoxy groups -OCH3 is 1. The van der Waals surface area contributed by atoms with Gasteiger partial charge < -0.3 is 15.8 Å². The van der Waals surface area contributed by atoms with Crippen LogP contribution in [0.5, 0.6) is 5.88 Å². The summed E-state index contributed by atoms with van der Waals surface area (Å²) < 4.78 is 4.93. The Bertz CT molecular complexity index is 387. The highest BCUT2D eigenvalue weighted by molar-refractivity contribution is 5.90. The van der Waals surface area contributed by atoms with Crippen molar-refractivity contribution in [3.05, 3.63) is 18.3 Å². The highest BCUT2D eigenvalue weighted by Gasteiger charge is 2.29. The number of rotatable bonds is 5. The summed E-state index contributed by atoms with van der Waals surface area (Å²) in [6, 6.07) is 3.45. The second kappa shape index (κ2) is 5.14. The van der Waals surface area contributed by atoms with Crippen LogP contribution in [0.1, 0.15) is 19.3 Å². The summed E-state index contributed by atoms with van der Waals surface area (Å²) >= 11 is 0. The maximum atomic E-state index is 11.7. The Morgan fingerprint density at radius 3 is 2.94 bits per heavy atom.